The molecule has 3 unspecified atom stereocenters. The standard InChI is InChI=1S/C18H19FN4O3/c19-13-5-1-3-11(7-13)8-22-10-15(20-21-22)17(24)23-9-12-4-2-6-14(12)16(23)18(25)26/h1,3,5,7,10,12,14,16H,2,4,6,8-9H2,(H,25,26). The largest absolute Gasteiger partial charge is 0.480 e. The normalized spacial score (nSPS) is 24.7. The average molecular weight is 358 g/mol. The molecule has 136 valence electrons. The Morgan fingerprint density at radius 2 is 2.15 bits per heavy atom. The van der Waals surface area contributed by atoms with Crippen LogP contribution in [0.15, 0.2) is 30.5 Å². The second kappa shape index (κ2) is 6.51. The van der Waals surface area contributed by atoms with Gasteiger partial charge in [0.1, 0.15) is 11.9 Å². The summed E-state index contributed by atoms with van der Waals surface area (Å²) in [4.78, 5) is 25.9. The van der Waals surface area contributed by atoms with Crippen LogP contribution in [0.5, 0.6) is 0 Å². The van der Waals surface area contributed by atoms with E-state index in [1.165, 1.54) is 27.9 Å². The van der Waals surface area contributed by atoms with Crippen molar-refractivity contribution in [2.75, 3.05) is 6.54 Å². The van der Waals surface area contributed by atoms with E-state index < -0.39 is 17.9 Å². The van der Waals surface area contributed by atoms with Gasteiger partial charge in [-0.25, -0.2) is 13.9 Å². The second-order valence-electron chi connectivity index (χ2n) is 7.03. The van der Waals surface area contributed by atoms with Crippen LogP contribution in [0.2, 0.25) is 0 Å². The Morgan fingerprint density at radius 1 is 1.31 bits per heavy atom. The SMILES string of the molecule is O=C(O)C1C2CCCC2CN1C(=O)c1cn(Cc2cccc(F)c2)nn1. The minimum atomic E-state index is -0.958. The summed E-state index contributed by atoms with van der Waals surface area (Å²) >= 11 is 0. The van der Waals surface area contributed by atoms with Crippen molar-refractivity contribution in [3.8, 4) is 0 Å². The third-order valence-electron chi connectivity index (χ3n) is 5.40. The van der Waals surface area contributed by atoms with Crippen LogP contribution < -0.4 is 0 Å². The van der Waals surface area contributed by atoms with Crippen molar-refractivity contribution in [1.82, 2.24) is 19.9 Å². The summed E-state index contributed by atoms with van der Waals surface area (Å²) in [6.07, 6.45) is 4.31. The smallest absolute Gasteiger partial charge is 0.326 e. The molecule has 1 saturated carbocycles. The summed E-state index contributed by atoms with van der Waals surface area (Å²) in [6, 6.07) is 5.33. The molecule has 1 aliphatic carbocycles. The van der Waals surface area contributed by atoms with E-state index in [0.29, 0.717) is 12.1 Å². The van der Waals surface area contributed by atoms with Gasteiger partial charge in [0, 0.05) is 6.54 Å². The van der Waals surface area contributed by atoms with Crippen LogP contribution in [0.1, 0.15) is 35.3 Å². The van der Waals surface area contributed by atoms with Crippen LogP contribution >= 0.6 is 0 Å². The van der Waals surface area contributed by atoms with Crippen molar-refractivity contribution in [3.05, 3.63) is 47.5 Å². The molecule has 1 saturated heterocycles. The Morgan fingerprint density at radius 3 is 2.92 bits per heavy atom. The Kier molecular flexibility index (Phi) is 4.18. The van der Waals surface area contributed by atoms with Gasteiger partial charge in [0.05, 0.1) is 12.7 Å². The molecule has 2 aromatic rings. The first-order chi connectivity index (χ1) is 12.5. The Hall–Kier alpha value is -2.77. The summed E-state index contributed by atoms with van der Waals surface area (Å²) in [6.45, 7) is 0.739. The first-order valence-corrected chi connectivity index (χ1v) is 8.71. The van der Waals surface area contributed by atoms with Crippen LogP contribution in [0.4, 0.5) is 4.39 Å². The Balaban J connectivity index is 1.52. The van der Waals surface area contributed by atoms with Crippen LogP contribution in [-0.2, 0) is 11.3 Å². The van der Waals surface area contributed by atoms with Gasteiger partial charge in [-0.05, 0) is 42.4 Å². The highest BCUT2D eigenvalue weighted by Gasteiger charge is 2.50. The number of nitrogens with zero attached hydrogens (tertiary/aromatic N) is 4. The molecule has 0 spiro atoms. The van der Waals surface area contributed by atoms with Crippen molar-refractivity contribution in [2.24, 2.45) is 11.8 Å². The van der Waals surface area contributed by atoms with Crippen LogP contribution in [0, 0.1) is 17.7 Å². The molecule has 2 aliphatic rings. The fraction of sp³-hybridized carbons (Fsp3) is 0.444. The monoisotopic (exact) mass is 358 g/mol. The molecule has 3 atom stereocenters. The number of aliphatic carboxylic acids is 1. The number of likely N-dealkylation sites (tertiary alicyclic amines) is 1. The maximum atomic E-state index is 13.3. The lowest BCUT2D eigenvalue weighted by Crippen LogP contribution is -2.43. The maximum Gasteiger partial charge on any atom is 0.326 e. The van der Waals surface area contributed by atoms with E-state index in [4.69, 9.17) is 0 Å². The number of carbonyl (C=O) groups excluding carboxylic acids is 1. The van der Waals surface area contributed by atoms with E-state index in [1.54, 1.807) is 12.1 Å². The zero-order chi connectivity index (χ0) is 18.3. The Labute approximate surface area is 149 Å². The molecule has 0 bridgehead atoms. The number of rotatable bonds is 4. The number of carbonyl (C=O) groups is 2. The molecule has 1 amide bonds. The minimum absolute atomic E-state index is 0.0267. The number of benzene rings is 1. The van der Waals surface area contributed by atoms with Gasteiger partial charge in [-0.3, -0.25) is 4.79 Å². The van der Waals surface area contributed by atoms with Crippen LogP contribution in [0.3, 0.4) is 0 Å². The highest BCUT2D eigenvalue weighted by Crippen LogP contribution is 2.42. The van der Waals surface area contributed by atoms with E-state index in [0.717, 1.165) is 19.3 Å². The molecule has 0 radical (unpaired) electrons. The number of aromatic nitrogens is 3. The summed E-state index contributed by atoms with van der Waals surface area (Å²) in [7, 11) is 0. The van der Waals surface area contributed by atoms with E-state index in [1.807, 2.05) is 0 Å². The van der Waals surface area contributed by atoms with Gasteiger partial charge in [0.15, 0.2) is 5.69 Å². The number of carboxylic acids is 1. The fourth-order valence-corrected chi connectivity index (χ4v) is 4.27. The predicted molar refractivity (Wildman–Crippen MR) is 88.8 cm³/mol. The first-order valence-electron chi connectivity index (χ1n) is 8.71. The van der Waals surface area contributed by atoms with E-state index >= 15 is 0 Å². The summed E-state index contributed by atoms with van der Waals surface area (Å²) in [5.41, 5.74) is 0.820. The zero-order valence-electron chi connectivity index (χ0n) is 14.1. The lowest BCUT2D eigenvalue weighted by molar-refractivity contribution is -0.142. The van der Waals surface area contributed by atoms with Gasteiger partial charge >= 0.3 is 5.97 Å². The van der Waals surface area contributed by atoms with Crippen molar-refractivity contribution < 1.29 is 19.1 Å². The van der Waals surface area contributed by atoms with Crippen LogP contribution in [0.25, 0.3) is 0 Å². The number of hydrogen-bond donors (Lipinski definition) is 1. The number of hydrogen-bond acceptors (Lipinski definition) is 4. The second-order valence-corrected chi connectivity index (χ2v) is 7.03. The van der Waals surface area contributed by atoms with Crippen molar-refractivity contribution >= 4 is 11.9 Å². The van der Waals surface area contributed by atoms with Crippen LogP contribution in [-0.4, -0.2) is 49.5 Å². The summed E-state index contributed by atoms with van der Waals surface area (Å²) in [5, 5.41) is 17.4. The molecule has 1 aromatic heterocycles. The lowest BCUT2D eigenvalue weighted by Gasteiger charge is -2.23. The van der Waals surface area contributed by atoms with Gasteiger partial charge in [0.2, 0.25) is 0 Å². The topological polar surface area (TPSA) is 88.3 Å². The third kappa shape index (κ3) is 2.95. The third-order valence-corrected chi connectivity index (χ3v) is 5.40. The molecular weight excluding hydrogens is 339 g/mol. The minimum Gasteiger partial charge on any atom is -0.480 e. The maximum absolute atomic E-state index is 13.3. The quantitative estimate of drug-likeness (QED) is 0.900. The number of amides is 1. The van der Waals surface area contributed by atoms with E-state index in [2.05, 4.69) is 10.3 Å². The summed E-state index contributed by atoms with van der Waals surface area (Å²) in [5.74, 6) is -1.43. The highest BCUT2D eigenvalue weighted by molar-refractivity contribution is 5.95. The molecule has 7 nitrogen and oxygen atoms in total. The molecule has 2 heterocycles. The highest BCUT2D eigenvalue weighted by atomic mass is 19.1. The molecule has 8 heteroatoms. The van der Waals surface area contributed by atoms with Gasteiger partial charge < -0.3 is 10.0 Å². The Bertz CT molecular complexity index is 852. The number of fused-ring (bicyclic) bond motifs is 1. The van der Waals surface area contributed by atoms with E-state index in [-0.39, 0.29) is 29.9 Å². The molecule has 2 fully saturated rings. The van der Waals surface area contributed by atoms with Crippen molar-refractivity contribution in [2.45, 2.75) is 31.8 Å². The number of carboxylic acid groups (broad SMARTS) is 1. The fourth-order valence-electron chi connectivity index (χ4n) is 4.27. The molecule has 4 rings (SSSR count). The average Bonchev–Trinajstić information content (AvgIpc) is 3.28. The van der Waals surface area contributed by atoms with E-state index in [9.17, 15) is 19.1 Å². The molecular formula is C18H19FN4O3. The van der Waals surface area contributed by atoms with Crippen molar-refractivity contribution in [3.63, 3.8) is 0 Å². The predicted octanol–water partition coefficient (Wildman–Crippen LogP) is 1.79. The molecule has 1 aliphatic heterocycles. The molecule has 1 N–H and O–H groups in total. The van der Waals surface area contributed by atoms with Gasteiger partial charge in [-0.1, -0.05) is 23.8 Å². The molecule has 26 heavy (non-hydrogen) atoms. The first kappa shape index (κ1) is 16.7. The number of halogens is 1. The lowest BCUT2D eigenvalue weighted by atomic mass is 9.94. The summed E-state index contributed by atoms with van der Waals surface area (Å²) < 4.78 is 14.7. The van der Waals surface area contributed by atoms with Crippen molar-refractivity contribution in [1.29, 1.82) is 0 Å². The van der Waals surface area contributed by atoms with Gasteiger partial charge in [-0.2, -0.15) is 0 Å². The van der Waals surface area contributed by atoms with Gasteiger partial charge in [-0.15, -0.1) is 5.10 Å². The zero-order valence-corrected chi connectivity index (χ0v) is 14.1. The molecule has 1 aromatic carbocycles. The van der Waals surface area contributed by atoms with Gasteiger partial charge in [0.25, 0.3) is 5.91 Å².